The minimum absolute atomic E-state index is 0.739. The van der Waals surface area contributed by atoms with Gasteiger partial charge in [0.25, 0.3) is 0 Å². The predicted octanol–water partition coefficient (Wildman–Crippen LogP) is 4.94. The van der Waals surface area contributed by atoms with E-state index in [0.29, 0.717) is 0 Å². The van der Waals surface area contributed by atoms with Crippen molar-refractivity contribution in [2.24, 2.45) is 0 Å². The molecule has 1 N–H and O–H groups in total. The molecule has 3 rings (SSSR count). The second-order valence-electron chi connectivity index (χ2n) is 4.47. The lowest BCUT2D eigenvalue weighted by Gasteiger charge is -2.09. The van der Waals surface area contributed by atoms with Crippen molar-refractivity contribution in [2.45, 2.75) is 6.92 Å². The van der Waals surface area contributed by atoms with Crippen molar-refractivity contribution >= 4 is 56.6 Å². The number of hydrogen-bond donors (Lipinski definition) is 1. The molecule has 0 fully saturated rings. The zero-order valence-electron chi connectivity index (χ0n) is 10.7. The van der Waals surface area contributed by atoms with Crippen LogP contribution in [0.15, 0.2) is 42.7 Å². The Balaban J connectivity index is 2.05. The fraction of sp³-hybridized carbons (Fsp3) is 0.0667. The van der Waals surface area contributed by atoms with Crippen molar-refractivity contribution in [3.05, 3.63) is 56.9 Å². The Hall–Kier alpha value is -1.40. The lowest BCUT2D eigenvalue weighted by atomic mass is 10.2. The second-order valence-corrected chi connectivity index (χ2v) is 6.13. The van der Waals surface area contributed by atoms with Crippen molar-refractivity contribution in [2.75, 3.05) is 5.32 Å². The van der Waals surface area contributed by atoms with E-state index in [1.54, 1.807) is 6.33 Å². The van der Waals surface area contributed by atoms with Gasteiger partial charge >= 0.3 is 0 Å². The summed E-state index contributed by atoms with van der Waals surface area (Å²) in [5.41, 5.74) is 2.89. The smallest absolute Gasteiger partial charge is 0.141 e. The van der Waals surface area contributed by atoms with Crippen molar-refractivity contribution in [3.63, 3.8) is 0 Å². The van der Waals surface area contributed by atoms with Crippen LogP contribution in [0.5, 0.6) is 0 Å². The molecule has 20 heavy (non-hydrogen) atoms. The van der Waals surface area contributed by atoms with Gasteiger partial charge in [-0.2, -0.15) is 0 Å². The molecule has 0 saturated heterocycles. The van der Waals surface area contributed by atoms with Gasteiger partial charge in [-0.05, 0) is 65.4 Å². The monoisotopic (exact) mass is 395 g/mol. The van der Waals surface area contributed by atoms with Gasteiger partial charge in [-0.1, -0.05) is 17.7 Å². The van der Waals surface area contributed by atoms with E-state index in [2.05, 4.69) is 43.9 Å². The van der Waals surface area contributed by atoms with Crippen LogP contribution in [-0.4, -0.2) is 9.97 Å². The maximum Gasteiger partial charge on any atom is 0.141 e. The van der Waals surface area contributed by atoms with Gasteiger partial charge in [0.1, 0.15) is 12.1 Å². The maximum absolute atomic E-state index is 6.15. The van der Waals surface area contributed by atoms with Gasteiger partial charge in [0, 0.05) is 19.7 Å². The summed E-state index contributed by atoms with van der Waals surface area (Å²) in [5.74, 6) is 0.786. The zero-order valence-corrected chi connectivity index (χ0v) is 13.6. The summed E-state index contributed by atoms with van der Waals surface area (Å²) in [6, 6.07) is 12.0. The average molecular weight is 396 g/mol. The Morgan fingerprint density at radius 2 is 1.95 bits per heavy atom. The molecule has 1 aromatic heterocycles. The predicted molar refractivity (Wildman–Crippen MR) is 91.7 cm³/mol. The number of rotatable bonds is 2. The Bertz CT molecular complexity index is 789. The Morgan fingerprint density at radius 3 is 2.75 bits per heavy atom. The van der Waals surface area contributed by atoms with E-state index in [0.717, 1.165) is 36.6 Å². The quantitative estimate of drug-likeness (QED) is 0.625. The van der Waals surface area contributed by atoms with Crippen LogP contribution in [0.1, 0.15) is 5.56 Å². The molecule has 0 aliphatic carbocycles. The molecule has 0 saturated carbocycles. The van der Waals surface area contributed by atoms with Crippen LogP contribution in [0.4, 0.5) is 11.5 Å². The molecule has 0 bridgehead atoms. The first kappa shape index (κ1) is 13.6. The summed E-state index contributed by atoms with van der Waals surface area (Å²) in [4.78, 5) is 8.60. The van der Waals surface area contributed by atoms with Crippen LogP contribution >= 0.6 is 34.2 Å². The highest BCUT2D eigenvalue weighted by atomic mass is 127. The van der Waals surface area contributed by atoms with Crippen molar-refractivity contribution in [3.8, 4) is 0 Å². The molecule has 5 heteroatoms. The normalized spacial score (nSPS) is 10.8. The van der Waals surface area contributed by atoms with E-state index < -0.39 is 0 Å². The lowest BCUT2D eigenvalue weighted by Crippen LogP contribution is -1.96. The molecular weight excluding hydrogens is 385 g/mol. The third-order valence-electron chi connectivity index (χ3n) is 3.03. The number of aromatic nitrogens is 2. The Labute approximate surface area is 135 Å². The number of fused-ring (bicyclic) bond motifs is 1. The SMILES string of the molecule is Cc1ccc(Nc2ncnc3ccc(I)cc23)cc1Cl. The first-order chi connectivity index (χ1) is 9.63. The standard InChI is InChI=1S/C15H11ClIN3/c1-9-2-4-11(7-13(9)16)20-15-12-6-10(17)3-5-14(12)18-8-19-15/h2-8H,1H3,(H,18,19,20). The average Bonchev–Trinajstić information content (AvgIpc) is 2.44. The molecule has 3 nitrogen and oxygen atoms in total. The van der Waals surface area contributed by atoms with E-state index in [9.17, 15) is 0 Å². The summed E-state index contributed by atoms with van der Waals surface area (Å²) < 4.78 is 1.15. The van der Waals surface area contributed by atoms with E-state index in [1.807, 2.05) is 37.3 Å². The third kappa shape index (κ3) is 2.71. The molecular formula is C15H11ClIN3. The number of nitrogens with zero attached hydrogens (tertiary/aromatic N) is 2. The fourth-order valence-corrected chi connectivity index (χ4v) is 2.61. The molecule has 0 spiro atoms. The van der Waals surface area contributed by atoms with E-state index >= 15 is 0 Å². The third-order valence-corrected chi connectivity index (χ3v) is 4.11. The molecule has 0 aliphatic heterocycles. The molecule has 3 aromatic rings. The molecule has 1 heterocycles. The number of hydrogen-bond acceptors (Lipinski definition) is 3. The van der Waals surface area contributed by atoms with Gasteiger partial charge in [-0.3, -0.25) is 0 Å². The van der Waals surface area contributed by atoms with Crippen LogP contribution in [-0.2, 0) is 0 Å². The highest BCUT2D eigenvalue weighted by Gasteiger charge is 2.05. The molecule has 0 aliphatic rings. The zero-order chi connectivity index (χ0) is 14.1. The van der Waals surface area contributed by atoms with Gasteiger partial charge in [-0.25, -0.2) is 9.97 Å². The minimum atomic E-state index is 0.739. The first-order valence-corrected chi connectivity index (χ1v) is 7.52. The number of halogens is 2. The Kier molecular flexibility index (Phi) is 3.76. The fourth-order valence-electron chi connectivity index (χ4n) is 1.94. The van der Waals surface area contributed by atoms with Crippen LogP contribution in [0.2, 0.25) is 5.02 Å². The summed E-state index contributed by atoms with van der Waals surface area (Å²) in [5, 5.41) is 5.04. The summed E-state index contributed by atoms with van der Waals surface area (Å²) in [6.07, 6.45) is 1.56. The second kappa shape index (κ2) is 5.54. The van der Waals surface area contributed by atoms with Gasteiger partial charge in [0.15, 0.2) is 0 Å². The lowest BCUT2D eigenvalue weighted by molar-refractivity contribution is 1.22. The number of benzene rings is 2. The van der Waals surface area contributed by atoms with E-state index in [1.165, 1.54) is 0 Å². The molecule has 0 atom stereocenters. The largest absolute Gasteiger partial charge is 0.340 e. The van der Waals surface area contributed by atoms with Crippen LogP contribution < -0.4 is 5.32 Å². The van der Waals surface area contributed by atoms with Gasteiger partial charge < -0.3 is 5.32 Å². The summed E-state index contributed by atoms with van der Waals surface area (Å²) in [6.45, 7) is 1.98. The van der Waals surface area contributed by atoms with Crippen molar-refractivity contribution in [1.82, 2.24) is 9.97 Å². The number of nitrogens with one attached hydrogen (secondary N) is 1. The van der Waals surface area contributed by atoms with Crippen molar-refractivity contribution < 1.29 is 0 Å². The highest BCUT2D eigenvalue weighted by molar-refractivity contribution is 14.1. The van der Waals surface area contributed by atoms with Gasteiger partial charge in [0.2, 0.25) is 0 Å². The number of aryl methyl sites for hydroxylation is 1. The molecule has 0 unspecified atom stereocenters. The first-order valence-electron chi connectivity index (χ1n) is 6.07. The van der Waals surface area contributed by atoms with E-state index in [-0.39, 0.29) is 0 Å². The van der Waals surface area contributed by atoms with Crippen LogP contribution in [0, 0.1) is 10.5 Å². The van der Waals surface area contributed by atoms with Crippen molar-refractivity contribution in [1.29, 1.82) is 0 Å². The maximum atomic E-state index is 6.15. The highest BCUT2D eigenvalue weighted by Crippen LogP contribution is 2.26. The van der Waals surface area contributed by atoms with Crippen LogP contribution in [0.3, 0.4) is 0 Å². The van der Waals surface area contributed by atoms with Crippen LogP contribution in [0.25, 0.3) is 10.9 Å². The molecule has 0 amide bonds. The molecule has 0 radical (unpaired) electrons. The topological polar surface area (TPSA) is 37.8 Å². The van der Waals surface area contributed by atoms with Gasteiger partial charge in [-0.15, -0.1) is 0 Å². The minimum Gasteiger partial charge on any atom is -0.340 e. The molecule has 100 valence electrons. The molecule has 2 aromatic carbocycles. The van der Waals surface area contributed by atoms with E-state index in [4.69, 9.17) is 11.6 Å². The summed E-state index contributed by atoms with van der Waals surface area (Å²) >= 11 is 8.43. The summed E-state index contributed by atoms with van der Waals surface area (Å²) in [7, 11) is 0. The number of anilines is 2. The van der Waals surface area contributed by atoms with Gasteiger partial charge in [0.05, 0.1) is 5.52 Å². The Morgan fingerprint density at radius 1 is 1.10 bits per heavy atom.